The maximum absolute atomic E-state index is 5.20. The maximum Gasteiger partial charge on any atom is 0.102 e. The van der Waals surface area contributed by atoms with Gasteiger partial charge in [-0.3, -0.25) is 0 Å². The number of hydrogen-bond donors (Lipinski definition) is 1. The normalized spacial score (nSPS) is 22.2. The summed E-state index contributed by atoms with van der Waals surface area (Å²) < 4.78 is 5.20. The van der Waals surface area contributed by atoms with Gasteiger partial charge < -0.3 is 15.0 Å². The molecule has 0 aromatic heterocycles. The lowest BCUT2D eigenvalue weighted by molar-refractivity contribution is 0.198. The maximum atomic E-state index is 5.20. The molecule has 1 aliphatic carbocycles. The molecule has 0 spiro atoms. The van der Waals surface area contributed by atoms with E-state index < -0.39 is 0 Å². The van der Waals surface area contributed by atoms with Crippen molar-refractivity contribution in [3.8, 4) is 0 Å². The standard InChI is InChI=1S/C26H34N2O/c1-6-26(27-14-15-29-5)28-18-23(12-11-21(28)4)24-13-10-20(3)17-25(24)22-9-7-8-19(2)16-22/h6-13,16,18,20-21,27H,14-15,17H2,1-5H3/b26-6-. The summed E-state index contributed by atoms with van der Waals surface area (Å²) in [5.74, 6) is 1.67. The summed E-state index contributed by atoms with van der Waals surface area (Å²) in [4.78, 5) is 2.32. The fourth-order valence-electron chi connectivity index (χ4n) is 3.96. The molecule has 3 nitrogen and oxygen atoms in total. The number of aryl methyl sites for hydroxylation is 1. The molecule has 0 radical (unpaired) electrons. The van der Waals surface area contributed by atoms with Crippen LogP contribution in [0.1, 0.15) is 38.3 Å². The number of hydrogen-bond acceptors (Lipinski definition) is 3. The third-order valence-electron chi connectivity index (χ3n) is 5.56. The van der Waals surface area contributed by atoms with E-state index in [0.29, 0.717) is 18.6 Å². The van der Waals surface area contributed by atoms with Gasteiger partial charge in [-0.1, -0.05) is 61.1 Å². The lowest BCUT2D eigenvalue weighted by atomic mass is 9.83. The lowest BCUT2D eigenvalue weighted by Crippen LogP contribution is -2.36. The molecule has 0 bridgehead atoms. The van der Waals surface area contributed by atoms with Crippen LogP contribution in [0.3, 0.4) is 0 Å². The number of nitrogens with one attached hydrogen (secondary N) is 1. The molecule has 2 atom stereocenters. The highest BCUT2D eigenvalue weighted by Gasteiger charge is 2.22. The Labute approximate surface area is 176 Å². The minimum absolute atomic E-state index is 0.300. The van der Waals surface area contributed by atoms with E-state index in [1.54, 1.807) is 7.11 Å². The van der Waals surface area contributed by atoms with Crippen molar-refractivity contribution in [1.82, 2.24) is 10.2 Å². The monoisotopic (exact) mass is 390 g/mol. The Morgan fingerprint density at radius 2 is 2.07 bits per heavy atom. The van der Waals surface area contributed by atoms with E-state index >= 15 is 0 Å². The Kier molecular flexibility index (Phi) is 7.16. The predicted octanol–water partition coefficient (Wildman–Crippen LogP) is 5.59. The van der Waals surface area contributed by atoms with E-state index in [1.165, 1.54) is 27.8 Å². The largest absolute Gasteiger partial charge is 0.383 e. The van der Waals surface area contributed by atoms with Crippen LogP contribution in [0.4, 0.5) is 0 Å². The molecule has 1 heterocycles. The van der Waals surface area contributed by atoms with Crippen LogP contribution in [0.15, 0.2) is 77.8 Å². The Bertz CT molecular complexity index is 872. The molecule has 0 amide bonds. The van der Waals surface area contributed by atoms with Crippen molar-refractivity contribution in [1.29, 1.82) is 0 Å². The van der Waals surface area contributed by atoms with Crippen molar-refractivity contribution in [2.75, 3.05) is 20.3 Å². The third kappa shape index (κ3) is 5.10. The van der Waals surface area contributed by atoms with Gasteiger partial charge in [0.1, 0.15) is 5.82 Å². The van der Waals surface area contributed by atoms with Crippen molar-refractivity contribution >= 4 is 5.57 Å². The molecule has 0 saturated carbocycles. The summed E-state index contributed by atoms with van der Waals surface area (Å²) >= 11 is 0. The smallest absolute Gasteiger partial charge is 0.102 e. The zero-order valence-corrected chi connectivity index (χ0v) is 18.4. The molecule has 0 saturated heterocycles. The summed E-state index contributed by atoms with van der Waals surface area (Å²) in [6, 6.07) is 9.17. The summed E-state index contributed by atoms with van der Waals surface area (Å²) in [5, 5.41) is 3.50. The molecule has 29 heavy (non-hydrogen) atoms. The fourth-order valence-corrected chi connectivity index (χ4v) is 3.96. The zero-order chi connectivity index (χ0) is 20.8. The van der Waals surface area contributed by atoms with E-state index in [0.717, 1.165) is 18.8 Å². The second-order valence-corrected chi connectivity index (χ2v) is 7.99. The highest BCUT2D eigenvalue weighted by atomic mass is 16.5. The van der Waals surface area contributed by atoms with Crippen molar-refractivity contribution in [2.45, 2.75) is 40.2 Å². The molecule has 0 fully saturated rings. The van der Waals surface area contributed by atoms with E-state index in [-0.39, 0.29) is 0 Å². The topological polar surface area (TPSA) is 24.5 Å². The Balaban J connectivity index is 1.98. The van der Waals surface area contributed by atoms with Gasteiger partial charge in [-0.2, -0.15) is 0 Å². The van der Waals surface area contributed by atoms with Crippen LogP contribution in [0.25, 0.3) is 5.57 Å². The molecule has 1 aliphatic heterocycles. The van der Waals surface area contributed by atoms with Crippen LogP contribution in [-0.4, -0.2) is 31.2 Å². The number of methoxy groups -OCH3 is 1. The lowest BCUT2D eigenvalue weighted by Gasteiger charge is -2.33. The van der Waals surface area contributed by atoms with Gasteiger partial charge in [0, 0.05) is 19.9 Å². The SMILES string of the molecule is C/C=C(/NCCOC)N1C=C(C2=C(c3cccc(C)c3)CC(C)C=C2)C=CC1C. The highest BCUT2D eigenvalue weighted by molar-refractivity contribution is 5.78. The Morgan fingerprint density at radius 3 is 2.79 bits per heavy atom. The molecule has 1 aromatic rings. The summed E-state index contributed by atoms with van der Waals surface area (Å²) in [6.07, 6.45) is 14.7. The van der Waals surface area contributed by atoms with Crippen molar-refractivity contribution < 1.29 is 4.74 Å². The van der Waals surface area contributed by atoms with E-state index in [4.69, 9.17) is 4.74 Å². The molecule has 1 N–H and O–H groups in total. The first kappa shape index (κ1) is 21.2. The zero-order valence-electron chi connectivity index (χ0n) is 18.4. The van der Waals surface area contributed by atoms with Crippen LogP contribution in [0, 0.1) is 12.8 Å². The average molecular weight is 391 g/mol. The number of benzene rings is 1. The Morgan fingerprint density at radius 1 is 1.24 bits per heavy atom. The highest BCUT2D eigenvalue weighted by Crippen LogP contribution is 2.37. The third-order valence-corrected chi connectivity index (χ3v) is 5.56. The van der Waals surface area contributed by atoms with Crippen LogP contribution in [0.2, 0.25) is 0 Å². The number of nitrogens with zero attached hydrogens (tertiary/aromatic N) is 1. The first-order valence-corrected chi connectivity index (χ1v) is 10.6. The molecule has 154 valence electrons. The van der Waals surface area contributed by atoms with Gasteiger partial charge in [-0.15, -0.1) is 0 Å². The predicted molar refractivity (Wildman–Crippen MR) is 123 cm³/mol. The number of allylic oxidation sites excluding steroid dienone is 7. The number of ether oxygens (including phenoxy) is 1. The fraction of sp³-hybridized carbons (Fsp3) is 0.385. The summed E-state index contributed by atoms with van der Waals surface area (Å²) in [6.45, 7) is 10.2. The second kappa shape index (κ2) is 9.80. The van der Waals surface area contributed by atoms with Crippen molar-refractivity contribution in [2.24, 2.45) is 5.92 Å². The minimum Gasteiger partial charge on any atom is -0.383 e. The van der Waals surface area contributed by atoms with Crippen LogP contribution in [0.5, 0.6) is 0 Å². The van der Waals surface area contributed by atoms with Gasteiger partial charge in [0.2, 0.25) is 0 Å². The quantitative estimate of drug-likeness (QED) is 0.615. The first-order chi connectivity index (χ1) is 14.0. The van der Waals surface area contributed by atoms with Crippen molar-refractivity contribution in [3.63, 3.8) is 0 Å². The molecule has 3 heteroatoms. The van der Waals surface area contributed by atoms with Crippen LogP contribution >= 0.6 is 0 Å². The van der Waals surface area contributed by atoms with E-state index in [9.17, 15) is 0 Å². The molecule has 2 aliphatic rings. The van der Waals surface area contributed by atoms with Gasteiger partial charge in [0.05, 0.1) is 12.6 Å². The van der Waals surface area contributed by atoms with E-state index in [1.807, 2.05) is 0 Å². The van der Waals surface area contributed by atoms with Gasteiger partial charge in [-0.05, 0) is 61.5 Å². The van der Waals surface area contributed by atoms with Gasteiger partial charge in [0.25, 0.3) is 0 Å². The van der Waals surface area contributed by atoms with Gasteiger partial charge in [0.15, 0.2) is 0 Å². The van der Waals surface area contributed by atoms with Gasteiger partial charge in [-0.25, -0.2) is 0 Å². The molecule has 2 unspecified atom stereocenters. The van der Waals surface area contributed by atoms with Gasteiger partial charge >= 0.3 is 0 Å². The molecule has 3 rings (SSSR count). The molecular formula is C26H34N2O. The Hall–Kier alpha value is -2.52. The van der Waals surface area contributed by atoms with Crippen molar-refractivity contribution in [3.05, 3.63) is 88.9 Å². The van der Waals surface area contributed by atoms with Crippen LogP contribution < -0.4 is 5.32 Å². The number of rotatable bonds is 7. The van der Waals surface area contributed by atoms with Crippen LogP contribution in [-0.2, 0) is 4.74 Å². The summed E-state index contributed by atoms with van der Waals surface area (Å²) in [7, 11) is 1.73. The second-order valence-electron chi connectivity index (χ2n) is 7.99. The minimum atomic E-state index is 0.300. The average Bonchev–Trinajstić information content (AvgIpc) is 2.72. The molecule has 1 aromatic carbocycles. The first-order valence-electron chi connectivity index (χ1n) is 10.6. The summed E-state index contributed by atoms with van der Waals surface area (Å²) in [5.41, 5.74) is 6.66. The molecular weight excluding hydrogens is 356 g/mol. The van der Waals surface area contributed by atoms with E-state index in [2.05, 4.69) is 98.8 Å².